The number of aromatic carboxylic acids is 1. The Hall–Kier alpha value is -1.81. The summed E-state index contributed by atoms with van der Waals surface area (Å²) >= 11 is 3.40. The summed E-state index contributed by atoms with van der Waals surface area (Å²) in [6, 6.07) is 15.4. The van der Waals surface area contributed by atoms with Crippen LogP contribution in [-0.2, 0) is 0 Å². The second-order valence-corrected chi connectivity index (χ2v) is 5.88. The molecule has 0 saturated carbocycles. The molecule has 1 atom stereocenters. The number of nitrogens with one attached hydrogen (secondary N) is 1. The fraction of sp³-hybridized carbons (Fsp3) is 0.235. The van der Waals surface area contributed by atoms with Gasteiger partial charge in [-0.25, -0.2) is 4.79 Å². The molecular weight excluding hydrogens is 330 g/mol. The molecule has 0 spiro atoms. The average Bonchev–Trinajstić information content (AvgIpc) is 2.49. The number of halogens is 1. The molecule has 2 aromatic carbocycles. The highest BCUT2D eigenvalue weighted by Gasteiger charge is 2.08. The third kappa shape index (κ3) is 4.33. The number of benzene rings is 2. The van der Waals surface area contributed by atoms with E-state index in [0.29, 0.717) is 5.92 Å². The molecule has 0 saturated heterocycles. The largest absolute Gasteiger partial charge is 0.478 e. The van der Waals surface area contributed by atoms with Gasteiger partial charge in [0.15, 0.2) is 0 Å². The molecule has 0 bridgehead atoms. The van der Waals surface area contributed by atoms with Crippen LogP contribution in [0.3, 0.4) is 0 Å². The highest BCUT2D eigenvalue weighted by molar-refractivity contribution is 9.10. The Balaban J connectivity index is 1.90. The molecule has 3 nitrogen and oxygen atoms in total. The van der Waals surface area contributed by atoms with Gasteiger partial charge in [-0.05, 0) is 52.0 Å². The van der Waals surface area contributed by atoms with Crippen molar-refractivity contribution in [2.45, 2.75) is 19.3 Å². The van der Waals surface area contributed by atoms with Gasteiger partial charge in [0.05, 0.1) is 5.56 Å². The van der Waals surface area contributed by atoms with Gasteiger partial charge in [-0.1, -0.05) is 37.3 Å². The molecule has 110 valence electrons. The van der Waals surface area contributed by atoms with Crippen molar-refractivity contribution in [3.63, 3.8) is 0 Å². The van der Waals surface area contributed by atoms with Crippen LogP contribution in [0.5, 0.6) is 0 Å². The van der Waals surface area contributed by atoms with Gasteiger partial charge in [0.1, 0.15) is 0 Å². The lowest BCUT2D eigenvalue weighted by atomic mass is 9.98. The van der Waals surface area contributed by atoms with Crippen molar-refractivity contribution in [3.8, 4) is 0 Å². The summed E-state index contributed by atoms with van der Waals surface area (Å²) in [5.74, 6) is -0.435. The molecule has 0 aliphatic heterocycles. The normalized spacial score (nSPS) is 11.9. The number of carboxylic acid groups (broad SMARTS) is 1. The van der Waals surface area contributed by atoms with Gasteiger partial charge < -0.3 is 10.4 Å². The highest BCUT2D eigenvalue weighted by Crippen LogP contribution is 2.25. The van der Waals surface area contributed by atoms with Gasteiger partial charge in [0.25, 0.3) is 0 Å². The van der Waals surface area contributed by atoms with Crippen LogP contribution in [0.25, 0.3) is 0 Å². The van der Waals surface area contributed by atoms with E-state index < -0.39 is 5.97 Å². The van der Waals surface area contributed by atoms with E-state index >= 15 is 0 Å². The Bertz CT molecular complexity index is 613. The summed E-state index contributed by atoms with van der Waals surface area (Å²) in [6.45, 7) is 3.04. The van der Waals surface area contributed by atoms with Crippen LogP contribution in [0.2, 0.25) is 0 Å². The van der Waals surface area contributed by atoms with Gasteiger partial charge in [0.2, 0.25) is 0 Å². The standard InChI is InChI=1S/C17H18BrNO2/c1-12(13-5-3-2-4-6-13)9-10-19-16-8-7-14(17(20)21)11-15(16)18/h2-8,11-12,19H,9-10H2,1H3,(H,20,21). The summed E-state index contributed by atoms with van der Waals surface area (Å²) in [5, 5.41) is 12.3. The third-order valence-corrected chi connectivity index (χ3v) is 4.13. The summed E-state index contributed by atoms with van der Waals surface area (Å²) in [7, 11) is 0. The van der Waals surface area contributed by atoms with Crippen LogP contribution in [0, 0.1) is 0 Å². The SMILES string of the molecule is CC(CCNc1ccc(C(=O)O)cc1Br)c1ccccc1. The minimum Gasteiger partial charge on any atom is -0.478 e. The molecule has 0 fully saturated rings. The van der Waals surface area contributed by atoms with Crippen molar-refractivity contribution < 1.29 is 9.90 Å². The number of rotatable bonds is 6. The van der Waals surface area contributed by atoms with Gasteiger partial charge in [-0.15, -0.1) is 0 Å². The number of carbonyl (C=O) groups is 1. The lowest BCUT2D eigenvalue weighted by molar-refractivity contribution is 0.0697. The predicted molar refractivity (Wildman–Crippen MR) is 89.1 cm³/mol. The maximum atomic E-state index is 10.9. The fourth-order valence-corrected chi connectivity index (χ4v) is 2.68. The molecule has 2 aromatic rings. The Morgan fingerprint density at radius 1 is 1.24 bits per heavy atom. The lowest BCUT2D eigenvalue weighted by Gasteiger charge is -2.14. The molecule has 4 heteroatoms. The Labute approximate surface area is 133 Å². The van der Waals surface area contributed by atoms with E-state index in [9.17, 15) is 4.79 Å². The van der Waals surface area contributed by atoms with Crippen molar-refractivity contribution >= 4 is 27.6 Å². The van der Waals surface area contributed by atoms with E-state index in [1.165, 1.54) is 5.56 Å². The Morgan fingerprint density at radius 3 is 2.57 bits per heavy atom. The molecule has 21 heavy (non-hydrogen) atoms. The third-order valence-electron chi connectivity index (χ3n) is 3.48. The van der Waals surface area contributed by atoms with E-state index in [0.717, 1.165) is 23.1 Å². The zero-order valence-corrected chi connectivity index (χ0v) is 13.4. The van der Waals surface area contributed by atoms with Crippen LogP contribution in [-0.4, -0.2) is 17.6 Å². The summed E-state index contributed by atoms with van der Waals surface area (Å²) in [6.07, 6.45) is 1.01. The summed E-state index contributed by atoms with van der Waals surface area (Å²) < 4.78 is 0.773. The van der Waals surface area contributed by atoms with Gasteiger partial charge >= 0.3 is 5.97 Å². The minimum atomic E-state index is -0.917. The Kier molecular flexibility index (Phi) is 5.39. The minimum absolute atomic E-state index is 0.282. The monoisotopic (exact) mass is 347 g/mol. The van der Waals surface area contributed by atoms with Crippen molar-refractivity contribution in [2.75, 3.05) is 11.9 Å². The molecule has 2 rings (SSSR count). The molecule has 2 N–H and O–H groups in total. The van der Waals surface area contributed by atoms with Crippen LogP contribution in [0.1, 0.15) is 35.2 Å². The predicted octanol–water partition coefficient (Wildman–Crippen LogP) is 4.75. The summed E-state index contributed by atoms with van der Waals surface area (Å²) in [4.78, 5) is 10.9. The quantitative estimate of drug-likeness (QED) is 0.792. The van der Waals surface area contributed by atoms with Crippen molar-refractivity contribution in [2.24, 2.45) is 0 Å². The van der Waals surface area contributed by atoms with Crippen molar-refractivity contribution in [3.05, 3.63) is 64.1 Å². The van der Waals surface area contributed by atoms with E-state index in [1.54, 1.807) is 18.2 Å². The molecule has 0 radical (unpaired) electrons. The maximum Gasteiger partial charge on any atom is 0.335 e. The molecular formula is C17H18BrNO2. The first kappa shape index (κ1) is 15.6. The second kappa shape index (κ2) is 7.27. The molecule has 0 aromatic heterocycles. The molecule has 1 unspecified atom stereocenters. The van der Waals surface area contributed by atoms with E-state index in [4.69, 9.17) is 5.11 Å². The molecule has 0 aliphatic carbocycles. The zero-order valence-electron chi connectivity index (χ0n) is 11.8. The smallest absolute Gasteiger partial charge is 0.335 e. The van der Waals surface area contributed by atoms with Gasteiger partial charge in [0, 0.05) is 16.7 Å². The highest BCUT2D eigenvalue weighted by atomic mass is 79.9. The second-order valence-electron chi connectivity index (χ2n) is 5.03. The van der Waals surface area contributed by atoms with E-state index in [2.05, 4.69) is 52.4 Å². The average molecular weight is 348 g/mol. The zero-order chi connectivity index (χ0) is 15.2. The number of hydrogen-bond donors (Lipinski definition) is 2. The topological polar surface area (TPSA) is 49.3 Å². The van der Waals surface area contributed by atoms with Crippen LogP contribution in [0.4, 0.5) is 5.69 Å². The number of hydrogen-bond acceptors (Lipinski definition) is 2. The van der Waals surface area contributed by atoms with Gasteiger partial charge in [-0.3, -0.25) is 0 Å². The van der Waals surface area contributed by atoms with Crippen LogP contribution >= 0.6 is 15.9 Å². The molecule has 0 heterocycles. The van der Waals surface area contributed by atoms with Crippen LogP contribution < -0.4 is 5.32 Å². The molecule has 0 amide bonds. The van der Waals surface area contributed by atoms with E-state index in [1.807, 2.05) is 6.07 Å². The number of carboxylic acids is 1. The summed E-state index contributed by atoms with van der Waals surface area (Å²) in [5.41, 5.74) is 2.53. The first-order chi connectivity index (χ1) is 10.1. The molecule has 0 aliphatic rings. The van der Waals surface area contributed by atoms with Crippen molar-refractivity contribution in [1.82, 2.24) is 0 Å². The fourth-order valence-electron chi connectivity index (χ4n) is 2.16. The van der Waals surface area contributed by atoms with Gasteiger partial charge in [-0.2, -0.15) is 0 Å². The first-order valence-electron chi connectivity index (χ1n) is 6.89. The first-order valence-corrected chi connectivity index (χ1v) is 7.69. The van der Waals surface area contributed by atoms with E-state index in [-0.39, 0.29) is 5.56 Å². The maximum absolute atomic E-state index is 10.9. The lowest BCUT2D eigenvalue weighted by Crippen LogP contribution is -2.07. The van der Waals surface area contributed by atoms with Crippen molar-refractivity contribution in [1.29, 1.82) is 0 Å². The Morgan fingerprint density at radius 2 is 1.95 bits per heavy atom. The number of anilines is 1. The van der Waals surface area contributed by atoms with Crippen LogP contribution in [0.15, 0.2) is 53.0 Å².